The van der Waals surface area contributed by atoms with Crippen LogP contribution in [0, 0.1) is 36.0 Å². The molecule has 0 aliphatic carbocycles. The van der Waals surface area contributed by atoms with E-state index in [0.29, 0.717) is 16.0 Å². The Morgan fingerprint density at radius 3 is 1.83 bits per heavy atom. The maximum atomic E-state index is 14.2. The van der Waals surface area contributed by atoms with Crippen LogP contribution in [0.4, 0.5) is 22.0 Å². The van der Waals surface area contributed by atoms with Crippen LogP contribution in [0.15, 0.2) is 58.3 Å². The molecule has 0 heterocycles. The fraction of sp³-hybridized carbons (Fsp3) is 0.0455. The minimum atomic E-state index is -2.26. The van der Waals surface area contributed by atoms with Crippen LogP contribution >= 0.6 is 23.4 Å². The summed E-state index contributed by atoms with van der Waals surface area (Å²) in [6.45, 7) is 1.85. The van der Waals surface area contributed by atoms with Gasteiger partial charge in [-0.3, -0.25) is 4.79 Å². The van der Waals surface area contributed by atoms with Crippen molar-refractivity contribution in [1.82, 2.24) is 0 Å². The molecule has 3 aromatic carbocycles. The van der Waals surface area contributed by atoms with E-state index in [1.54, 1.807) is 24.3 Å². The molecule has 0 atom stereocenters. The fourth-order valence-corrected chi connectivity index (χ4v) is 3.54. The highest BCUT2D eigenvalue weighted by Crippen LogP contribution is 2.34. The number of carbonyl (C=O) groups excluding carboxylic acids is 1. The van der Waals surface area contributed by atoms with Crippen LogP contribution < -0.4 is 0 Å². The van der Waals surface area contributed by atoms with Crippen molar-refractivity contribution < 1.29 is 26.7 Å². The Morgan fingerprint density at radius 1 is 0.800 bits per heavy atom. The SMILES string of the molecule is Cc1ccc(S/C(=C/c2c(F)c(F)c(F)c(F)c2F)C(=O)c2ccc(Cl)cc2)cc1. The van der Waals surface area contributed by atoms with E-state index >= 15 is 0 Å². The molecule has 0 saturated heterocycles. The lowest BCUT2D eigenvalue weighted by Crippen LogP contribution is -2.06. The predicted molar refractivity (Wildman–Crippen MR) is 107 cm³/mol. The van der Waals surface area contributed by atoms with E-state index in [1.807, 2.05) is 6.92 Å². The molecule has 0 amide bonds. The molecule has 0 bridgehead atoms. The number of hydrogen-bond acceptors (Lipinski definition) is 2. The summed E-state index contributed by atoms with van der Waals surface area (Å²) in [5, 5.41) is 0.364. The number of allylic oxidation sites excluding steroid dienone is 1. The average Bonchev–Trinajstić information content (AvgIpc) is 2.74. The maximum Gasteiger partial charge on any atom is 0.200 e. The van der Waals surface area contributed by atoms with Crippen molar-refractivity contribution >= 4 is 35.2 Å². The van der Waals surface area contributed by atoms with Gasteiger partial charge in [-0.2, -0.15) is 0 Å². The van der Waals surface area contributed by atoms with Gasteiger partial charge in [0.15, 0.2) is 29.1 Å². The number of thioether (sulfide) groups is 1. The first kappa shape index (κ1) is 22.1. The zero-order chi connectivity index (χ0) is 22.0. The van der Waals surface area contributed by atoms with Crippen LogP contribution in [0.5, 0.6) is 0 Å². The van der Waals surface area contributed by atoms with E-state index in [9.17, 15) is 26.7 Å². The highest BCUT2D eigenvalue weighted by molar-refractivity contribution is 8.04. The molecular formula is C22H12ClF5OS. The number of aryl methyl sites for hydroxylation is 1. The quantitative estimate of drug-likeness (QED) is 0.1000. The molecule has 0 aromatic heterocycles. The van der Waals surface area contributed by atoms with E-state index in [4.69, 9.17) is 11.6 Å². The van der Waals surface area contributed by atoms with Crippen LogP contribution in [0.3, 0.4) is 0 Å². The highest BCUT2D eigenvalue weighted by Gasteiger charge is 2.26. The van der Waals surface area contributed by atoms with Gasteiger partial charge in [-0.1, -0.05) is 41.1 Å². The Morgan fingerprint density at radius 2 is 1.30 bits per heavy atom. The summed E-state index contributed by atoms with van der Waals surface area (Å²) in [6.07, 6.45) is 0.664. The molecule has 3 rings (SSSR count). The number of halogens is 6. The van der Waals surface area contributed by atoms with Gasteiger partial charge < -0.3 is 0 Å². The third-order valence-corrected chi connectivity index (χ3v) is 5.38. The van der Waals surface area contributed by atoms with E-state index in [1.165, 1.54) is 24.3 Å². The van der Waals surface area contributed by atoms with Crippen molar-refractivity contribution in [2.45, 2.75) is 11.8 Å². The molecule has 0 aliphatic heterocycles. The van der Waals surface area contributed by atoms with Gasteiger partial charge in [0.2, 0.25) is 5.82 Å². The molecule has 0 aliphatic rings. The van der Waals surface area contributed by atoms with Crippen LogP contribution in [-0.4, -0.2) is 5.78 Å². The molecule has 0 spiro atoms. The van der Waals surface area contributed by atoms with Crippen molar-refractivity contribution in [3.8, 4) is 0 Å². The lowest BCUT2D eigenvalue weighted by Gasteiger charge is -2.10. The summed E-state index contributed by atoms with van der Waals surface area (Å²) in [6, 6.07) is 12.5. The standard InChI is InChI=1S/C22H12ClF5OS/c1-11-2-8-14(9-3-11)30-16(22(29)12-4-6-13(23)7-5-12)10-15-17(24)19(26)21(28)20(27)18(15)25/h2-10H,1H3/b16-10+. The molecule has 0 fully saturated rings. The number of ketones is 1. The van der Waals surface area contributed by atoms with Crippen LogP contribution in [0.1, 0.15) is 21.5 Å². The molecule has 154 valence electrons. The molecule has 3 aromatic rings. The molecule has 0 unspecified atom stereocenters. The van der Waals surface area contributed by atoms with Gasteiger partial charge in [-0.25, -0.2) is 22.0 Å². The first-order valence-corrected chi connectivity index (χ1v) is 9.66. The third kappa shape index (κ3) is 4.57. The number of hydrogen-bond donors (Lipinski definition) is 0. The van der Waals surface area contributed by atoms with Gasteiger partial charge >= 0.3 is 0 Å². The molecule has 0 saturated carbocycles. The van der Waals surface area contributed by atoms with Gasteiger partial charge in [-0.15, -0.1) is 0 Å². The monoisotopic (exact) mass is 454 g/mol. The summed E-state index contributed by atoms with van der Waals surface area (Å²) in [7, 11) is 0. The largest absolute Gasteiger partial charge is 0.288 e. The molecule has 1 nitrogen and oxygen atoms in total. The van der Waals surface area contributed by atoms with Crippen molar-refractivity contribution in [3.05, 3.63) is 104 Å². The lowest BCUT2D eigenvalue weighted by molar-refractivity contribution is 0.104. The first-order chi connectivity index (χ1) is 14.2. The average molecular weight is 455 g/mol. The molecule has 30 heavy (non-hydrogen) atoms. The summed E-state index contributed by atoms with van der Waals surface area (Å²) in [4.78, 5) is 13.3. The van der Waals surface area contributed by atoms with Crippen LogP contribution in [-0.2, 0) is 0 Å². The van der Waals surface area contributed by atoms with Gasteiger partial charge in [0, 0.05) is 15.5 Å². The van der Waals surface area contributed by atoms with E-state index < -0.39 is 40.4 Å². The smallest absolute Gasteiger partial charge is 0.200 e. The predicted octanol–water partition coefficient (Wildman–Crippen LogP) is 7.36. The van der Waals surface area contributed by atoms with Gasteiger partial charge in [0.1, 0.15) is 0 Å². The Hall–Kier alpha value is -2.64. The van der Waals surface area contributed by atoms with Crippen molar-refractivity contribution in [2.75, 3.05) is 0 Å². The van der Waals surface area contributed by atoms with Crippen LogP contribution in [0.25, 0.3) is 6.08 Å². The summed E-state index contributed by atoms with van der Waals surface area (Å²) in [5.41, 5.74) is -0.119. The Kier molecular flexibility index (Phi) is 6.63. The van der Waals surface area contributed by atoms with Crippen LogP contribution in [0.2, 0.25) is 5.02 Å². The summed E-state index contributed by atoms with van der Waals surface area (Å²) < 4.78 is 68.9. The second-order valence-corrected chi connectivity index (χ2v) is 7.80. The second kappa shape index (κ2) is 9.02. The molecule has 0 radical (unpaired) electrons. The normalized spacial score (nSPS) is 11.6. The molecular weight excluding hydrogens is 443 g/mol. The summed E-state index contributed by atoms with van der Waals surface area (Å²) in [5.74, 6) is -11.1. The van der Waals surface area contributed by atoms with Gasteiger partial charge in [-0.05, 0) is 49.4 Å². The Labute approximate surface area is 178 Å². The first-order valence-electron chi connectivity index (χ1n) is 8.47. The minimum absolute atomic E-state index is 0.133. The van der Waals surface area contributed by atoms with Crippen molar-refractivity contribution in [1.29, 1.82) is 0 Å². The Balaban J connectivity index is 2.15. The number of benzene rings is 3. The van der Waals surface area contributed by atoms with E-state index in [-0.39, 0.29) is 10.5 Å². The number of carbonyl (C=O) groups is 1. The maximum absolute atomic E-state index is 14.2. The lowest BCUT2D eigenvalue weighted by atomic mass is 10.1. The minimum Gasteiger partial charge on any atom is -0.288 e. The summed E-state index contributed by atoms with van der Waals surface area (Å²) >= 11 is 6.65. The third-order valence-electron chi connectivity index (χ3n) is 4.10. The zero-order valence-corrected chi connectivity index (χ0v) is 16.9. The van der Waals surface area contributed by atoms with Crippen molar-refractivity contribution in [2.24, 2.45) is 0 Å². The highest BCUT2D eigenvalue weighted by atomic mass is 35.5. The number of rotatable bonds is 5. The van der Waals surface area contributed by atoms with E-state index in [2.05, 4.69) is 0 Å². The fourth-order valence-electron chi connectivity index (χ4n) is 2.50. The topological polar surface area (TPSA) is 17.1 Å². The van der Waals surface area contributed by atoms with E-state index in [0.717, 1.165) is 17.3 Å². The zero-order valence-electron chi connectivity index (χ0n) is 15.3. The number of Topliss-reactive ketones (excluding diaryl/α,β-unsaturated/α-hetero) is 1. The second-order valence-electron chi connectivity index (χ2n) is 6.24. The molecule has 0 N–H and O–H groups in total. The van der Waals surface area contributed by atoms with Gasteiger partial charge in [0.05, 0.1) is 10.5 Å². The Bertz CT molecular complexity index is 1110. The molecule has 8 heteroatoms. The van der Waals surface area contributed by atoms with Gasteiger partial charge in [0.25, 0.3) is 0 Å². The van der Waals surface area contributed by atoms with Crippen molar-refractivity contribution in [3.63, 3.8) is 0 Å².